The van der Waals surface area contributed by atoms with Crippen LogP contribution in [0.2, 0.25) is 0 Å². The smallest absolute Gasteiger partial charge is 0.172 e. The Hall–Kier alpha value is -2.65. The third kappa shape index (κ3) is 2.78. The van der Waals surface area contributed by atoms with Gasteiger partial charge in [0, 0.05) is 12.5 Å². The van der Waals surface area contributed by atoms with Gasteiger partial charge in [-0.15, -0.1) is 16.4 Å². The van der Waals surface area contributed by atoms with Gasteiger partial charge in [-0.2, -0.15) is 5.10 Å². The quantitative estimate of drug-likeness (QED) is 0.550. The van der Waals surface area contributed by atoms with Gasteiger partial charge in [-0.05, 0) is 31.5 Å². The largest absolute Gasteiger partial charge is 0.381 e. The fourth-order valence-electron chi connectivity index (χ4n) is 3.25. The van der Waals surface area contributed by atoms with Crippen LogP contribution in [0.25, 0.3) is 15.9 Å². The third-order valence-corrected chi connectivity index (χ3v) is 5.40. The number of aromatic nitrogens is 7. The van der Waals surface area contributed by atoms with Crippen molar-refractivity contribution >= 4 is 21.6 Å². The molecule has 4 heterocycles. The second kappa shape index (κ2) is 6.26. The van der Waals surface area contributed by atoms with Crippen molar-refractivity contribution in [1.82, 2.24) is 34.5 Å². The van der Waals surface area contributed by atoms with Crippen molar-refractivity contribution in [3.63, 3.8) is 0 Å². The third-order valence-electron chi connectivity index (χ3n) is 4.46. The van der Waals surface area contributed by atoms with Crippen molar-refractivity contribution in [3.8, 4) is 5.69 Å². The second-order valence-electron chi connectivity index (χ2n) is 6.34. The van der Waals surface area contributed by atoms with E-state index in [9.17, 15) is 0 Å². The lowest BCUT2D eigenvalue weighted by Crippen LogP contribution is -2.09. The monoisotopic (exact) mass is 367 g/mol. The highest BCUT2D eigenvalue weighted by molar-refractivity contribution is 7.18. The molecule has 0 unspecified atom stereocenters. The number of nitrogens with zero attached hydrogens (tertiary/aromatic N) is 7. The summed E-state index contributed by atoms with van der Waals surface area (Å²) in [5, 5.41) is 9.97. The van der Waals surface area contributed by atoms with Gasteiger partial charge in [-0.25, -0.2) is 24.3 Å². The van der Waals surface area contributed by atoms with E-state index >= 15 is 0 Å². The number of fused-ring (bicyclic) bond motifs is 1. The number of aryl methyl sites for hydroxylation is 1. The molecule has 8 nitrogen and oxygen atoms in total. The minimum Gasteiger partial charge on any atom is -0.381 e. The van der Waals surface area contributed by atoms with Gasteiger partial charge in [0.1, 0.15) is 25.0 Å². The van der Waals surface area contributed by atoms with Gasteiger partial charge < -0.3 is 4.74 Å². The van der Waals surface area contributed by atoms with Crippen LogP contribution in [0.1, 0.15) is 29.0 Å². The molecule has 4 aromatic rings. The normalized spacial score (nSPS) is 17.3. The van der Waals surface area contributed by atoms with Crippen molar-refractivity contribution in [2.75, 3.05) is 13.2 Å². The molecular formula is C17H17N7OS. The number of rotatable bonds is 4. The van der Waals surface area contributed by atoms with Crippen molar-refractivity contribution in [1.29, 1.82) is 0 Å². The van der Waals surface area contributed by atoms with E-state index in [1.54, 1.807) is 22.3 Å². The Morgan fingerprint density at radius 3 is 3.08 bits per heavy atom. The Bertz CT molecular complexity index is 1050. The van der Waals surface area contributed by atoms with Crippen LogP contribution < -0.4 is 0 Å². The minimum atomic E-state index is 0.255. The summed E-state index contributed by atoms with van der Waals surface area (Å²) in [7, 11) is 0. The van der Waals surface area contributed by atoms with Crippen molar-refractivity contribution in [3.05, 3.63) is 47.5 Å². The van der Waals surface area contributed by atoms with Gasteiger partial charge in [0.2, 0.25) is 0 Å². The fourth-order valence-corrected chi connectivity index (χ4v) is 4.11. The zero-order valence-electron chi connectivity index (χ0n) is 14.2. The topological polar surface area (TPSA) is 83.5 Å². The predicted octanol–water partition coefficient (Wildman–Crippen LogP) is 2.33. The molecule has 0 amide bonds. The zero-order chi connectivity index (χ0) is 17.5. The molecule has 26 heavy (non-hydrogen) atoms. The van der Waals surface area contributed by atoms with E-state index < -0.39 is 0 Å². The molecule has 3 aromatic heterocycles. The number of hydrogen-bond acceptors (Lipinski definition) is 7. The van der Waals surface area contributed by atoms with Gasteiger partial charge >= 0.3 is 0 Å². The average Bonchev–Trinajstić information content (AvgIpc) is 3.41. The van der Waals surface area contributed by atoms with E-state index in [0.29, 0.717) is 13.2 Å². The SMILES string of the molecule is Cc1nc2ccc(-n3nc(Cn4cncn4)nc3[C@@H]3CCOC3)cc2s1. The Morgan fingerprint density at radius 2 is 2.27 bits per heavy atom. The first-order valence-electron chi connectivity index (χ1n) is 8.50. The number of hydrogen-bond donors (Lipinski definition) is 0. The molecule has 1 aliphatic rings. The molecule has 0 aliphatic carbocycles. The molecule has 0 bridgehead atoms. The van der Waals surface area contributed by atoms with Crippen LogP contribution in [-0.4, -0.2) is 47.7 Å². The molecule has 5 rings (SSSR count). The molecule has 1 saturated heterocycles. The molecule has 0 saturated carbocycles. The van der Waals surface area contributed by atoms with Gasteiger partial charge in [0.25, 0.3) is 0 Å². The summed E-state index contributed by atoms with van der Waals surface area (Å²) in [5.74, 6) is 1.92. The molecule has 1 fully saturated rings. The highest BCUT2D eigenvalue weighted by Gasteiger charge is 2.25. The summed E-state index contributed by atoms with van der Waals surface area (Å²) in [6.07, 6.45) is 4.15. The van der Waals surface area contributed by atoms with E-state index in [2.05, 4.69) is 27.2 Å². The summed E-state index contributed by atoms with van der Waals surface area (Å²) in [6.45, 7) is 3.97. The van der Waals surface area contributed by atoms with Crippen molar-refractivity contribution in [2.45, 2.75) is 25.8 Å². The Labute approximate surface area is 153 Å². The standard InChI is InChI=1S/C17H17N7OS/c1-11-20-14-3-2-13(6-15(14)26-11)24-17(12-4-5-25-8-12)21-16(22-24)7-23-10-18-9-19-23/h2-3,6,9-10,12H,4-5,7-8H2,1H3/t12-/m1/s1. The first-order chi connectivity index (χ1) is 12.8. The number of benzene rings is 1. The number of ether oxygens (including phenoxy) is 1. The molecule has 132 valence electrons. The average molecular weight is 367 g/mol. The first-order valence-corrected chi connectivity index (χ1v) is 9.31. The van der Waals surface area contributed by atoms with Crippen LogP contribution in [0.15, 0.2) is 30.9 Å². The van der Waals surface area contributed by atoms with Crippen LogP contribution in [0.3, 0.4) is 0 Å². The van der Waals surface area contributed by atoms with Gasteiger partial charge in [-0.3, -0.25) is 0 Å². The van der Waals surface area contributed by atoms with Crippen molar-refractivity contribution in [2.24, 2.45) is 0 Å². The van der Waals surface area contributed by atoms with Gasteiger partial charge in [0.15, 0.2) is 5.82 Å². The molecule has 1 atom stereocenters. The molecule has 0 radical (unpaired) electrons. The summed E-state index contributed by atoms with van der Waals surface area (Å²) in [6, 6.07) is 6.23. The van der Waals surface area contributed by atoms with Crippen LogP contribution >= 0.6 is 11.3 Å². The Balaban J connectivity index is 1.58. The number of thiazole rings is 1. The maximum Gasteiger partial charge on any atom is 0.172 e. The van der Waals surface area contributed by atoms with Crippen LogP contribution in [-0.2, 0) is 11.3 Å². The molecular weight excluding hydrogens is 350 g/mol. The highest BCUT2D eigenvalue weighted by Crippen LogP contribution is 2.28. The zero-order valence-corrected chi connectivity index (χ0v) is 15.1. The Kier molecular flexibility index (Phi) is 3.75. The van der Waals surface area contributed by atoms with E-state index in [-0.39, 0.29) is 5.92 Å². The van der Waals surface area contributed by atoms with Crippen LogP contribution in [0, 0.1) is 6.92 Å². The Morgan fingerprint density at radius 1 is 1.31 bits per heavy atom. The first kappa shape index (κ1) is 15.6. The van der Waals surface area contributed by atoms with E-state index in [4.69, 9.17) is 14.8 Å². The van der Waals surface area contributed by atoms with Gasteiger partial charge in [-0.1, -0.05) is 0 Å². The predicted molar refractivity (Wildman–Crippen MR) is 96.6 cm³/mol. The molecule has 1 aromatic carbocycles. The lowest BCUT2D eigenvalue weighted by molar-refractivity contribution is 0.193. The maximum absolute atomic E-state index is 5.57. The van der Waals surface area contributed by atoms with E-state index in [0.717, 1.165) is 45.6 Å². The fraction of sp³-hybridized carbons (Fsp3) is 0.353. The van der Waals surface area contributed by atoms with E-state index in [1.807, 2.05) is 17.7 Å². The molecule has 1 aliphatic heterocycles. The van der Waals surface area contributed by atoms with Crippen LogP contribution in [0.5, 0.6) is 0 Å². The maximum atomic E-state index is 5.57. The lowest BCUT2D eigenvalue weighted by Gasteiger charge is -2.09. The minimum absolute atomic E-state index is 0.255. The van der Waals surface area contributed by atoms with Crippen molar-refractivity contribution < 1.29 is 4.74 Å². The summed E-state index contributed by atoms with van der Waals surface area (Å²) < 4.78 is 10.4. The molecule has 0 spiro atoms. The van der Waals surface area contributed by atoms with Gasteiger partial charge in [0.05, 0.1) is 27.5 Å². The van der Waals surface area contributed by atoms with Crippen LogP contribution in [0.4, 0.5) is 0 Å². The summed E-state index contributed by atoms with van der Waals surface area (Å²) in [4.78, 5) is 13.3. The highest BCUT2D eigenvalue weighted by atomic mass is 32.1. The summed E-state index contributed by atoms with van der Waals surface area (Å²) in [5.41, 5.74) is 2.02. The molecule has 0 N–H and O–H groups in total. The molecule has 9 heteroatoms. The lowest BCUT2D eigenvalue weighted by atomic mass is 10.1. The van der Waals surface area contributed by atoms with E-state index in [1.165, 1.54) is 6.33 Å². The summed E-state index contributed by atoms with van der Waals surface area (Å²) >= 11 is 1.69. The second-order valence-corrected chi connectivity index (χ2v) is 7.57.